The SMILES string of the molecule is Cc1ccc(C)c(OCCCCC(=O)NCc2nc(C(=O)O)cs2)c1. The number of hydrogen-bond donors (Lipinski definition) is 2. The van der Waals surface area contributed by atoms with Gasteiger partial charge in [-0.1, -0.05) is 12.1 Å². The first kappa shape index (κ1) is 18.9. The van der Waals surface area contributed by atoms with Gasteiger partial charge in [0.15, 0.2) is 5.69 Å². The Labute approximate surface area is 150 Å². The van der Waals surface area contributed by atoms with Crippen molar-refractivity contribution in [2.75, 3.05) is 6.61 Å². The fraction of sp³-hybridized carbons (Fsp3) is 0.389. The lowest BCUT2D eigenvalue weighted by molar-refractivity contribution is -0.121. The van der Waals surface area contributed by atoms with Crippen LogP contribution in [0.2, 0.25) is 0 Å². The summed E-state index contributed by atoms with van der Waals surface area (Å²) in [5.41, 5.74) is 2.28. The topological polar surface area (TPSA) is 88.5 Å². The molecule has 1 heterocycles. The van der Waals surface area contributed by atoms with E-state index in [0.29, 0.717) is 18.0 Å². The van der Waals surface area contributed by atoms with Crippen LogP contribution in [0.1, 0.15) is 45.9 Å². The molecule has 0 aliphatic carbocycles. The Hall–Kier alpha value is -2.41. The summed E-state index contributed by atoms with van der Waals surface area (Å²) in [4.78, 5) is 26.5. The lowest BCUT2D eigenvalue weighted by Gasteiger charge is -2.09. The zero-order valence-electron chi connectivity index (χ0n) is 14.4. The molecular formula is C18H22N2O4S. The quantitative estimate of drug-likeness (QED) is 0.668. The van der Waals surface area contributed by atoms with E-state index in [9.17, 15) is 9.59 Å². The molecule has 1 aromatic carbocycles. The lowest BCUT2D eigenvalue weighted by atomic mass is 10.1. The third-order valence-corrected chi connectivity index (χ3v) is 4.46. The molecule has 2 rings (SSSR count). The number of unbranched alkanes of at least 4 members (excludes halogenated alkanes) is 1. The lowest BCUT2D eigenvalue weighted by Crippen LogP contribution is -2.22. The second kappa shape index (κ2) is 9.17. The van der Waals surface area contributed by atoms with Crippen molar-refractivity contribution in [2.45, 2.75) is 39.7 Å². The van der Waals surface area contributed by atoms with Crippen LogP contribution < -0.4 is 10.1 Å². The van der Waals surface area contributed by atoms with Crippen LogP contribution in [0.15, 0.2) is 23.6 Å². The van der Waals surface area contributed by atoms with E-state index < -0.39 is 5.97 Å². The highest BCUT2D eigenvalue weighted by atomic mass is 32.1. The molecule has 0 fully saturated rings. The molecule has 7 heteroatoms. The van der Waals surface area contributed by atoms with Gasteiger partial charge in [0.1, 0.15) is 10.8 Å². The van der Waals surface area contributed by atoms with Crippen LogP contribution in [0, 0.1) is 13.8 Å². The van der Waals surface area contributed by atoms with Crippen molar-refractivity contribution >= 4 is 23.2 Å². The Bertz CT molecular complexity index is 742. The molecule has 0 saturated heterocycles. The number of aromatic nitrogens is 1. The second-order valence-electron chi connectivity index (χ2n) is 5.78. The average Bonchev–Trinajstić information content (AvgIpc) is 3.05. The van der Waals surface area contributed by atoms with Gasteiger partial charge in [0.25, 0.3) is 0 Å². The third kappa shape index (κ3) is 6.19. The number of carbonyl (C=O) groups is 2. The summed E-state index contributed by atoms with van der Waals surface area (Å²) in [5, 5.41) is 13.6. The Morgan fingerprint density at radius 2 is 2.08 bits per heavy atom. The van der Waals surface area contributed by atoms with E-state index in [1.165, 1.54) is 16.7 Å². The van der Waals surface area contributed by atoms with Gasteiger partial charge in [-0.25, -0.2) is 9.78 Å². The number of nitrogens with one attached hydrogen (secondary N) is 1. The van der Waals surface area contributed by atoms with Crippen molar-refractivity contribution in [3.63, 3.8) is 0 Å². The molecule has 1 amide bonds. The molecule has 0 bridgehead atoms. The fourth-order valence-corrected chi connectivity index (χ4v) is 2.89. The molecule has 0 aliphatic rings. The Morgan fingerprint density at radius 1 is 1.28 bits per heavy atom. The summed E-state index contributed by atoms with van der Waals surface area (Å²) in [6, 6.07) is 6.10. The maximum Gasteiger partial charge on any atom is 0.355 e. The summed E-state index contributed by atoms with van der Waals surface area (Å²) in [7, 11) is 0. The predicted octanol–water partition coefficient (Wildman–Crippen LogP) is 3.32. The first-order chi connectivity index (χ1) is 12.0. The van der Waals surface area contributed by atoms with Gasteiger partial charge in [0, 0.05) is 11.8 Å². The van der Waals surface area contributed by atoms with Crippen molar-refractivity contribution in [1.82, 2.24) is 10.3 Å². The summed E-state index contributed by atoms with van der Waals surface area (Å²) in [6.07, 6.45) is 1.93. The minimum Gasteiger partial charge on any atom is -0.493 e. The molecule has 0 atom stereocenters. The molecule has 0 spiro atoms. The average molecular weight is 362 g/mol. The Morgan fingerprint density at radius 3 is 2.80 bits per heavy atom. The number of ether oxygens (including phenoxy) is 1. The molecular weight excluding hydrogens is 340 g/mol. The predicted molar refractivity (Wildman–Crippen MR) is 96.2 cm³/mol. The molecule has 0 aliphatic heterocycles. The molecule has 6 nitrogen and oxygen atoms in total. The molecule has 2 N–H and O–H groups in total. The number of carbonyl (C=O) groups excluding carboxylic acids is 1. The van der Waals surface area contributed by atoms with E-state index >= 15 is 0 Å². The van der Waals surface area contributed by atoms with Gasteiger partial charge >= 0.3 is 5.97 Å². The van der Waals surface area contributed by atoms with E-state index in [2.05, 4.69) is 10.3 Å². The summed E-state index contributed by atoms with van der Waals surface area (Å²) in [5.74, 6) is -0.237. The van der Waals surface area contributed by atoms with Crippen molar-refractivity contribution in [1.29, 1.82) is 0 Å². The minimum absolute atomic E-state index is 0.0119. The van der Waals surface area contributed by atoms with Gasteiger partial charge in [-0.2, -0.15) is 0 Å². The number of amides is 1. The number of nitrogens with zero attached hydrogens (tertiary/aromatic N) is 1. The van der Waals surface area contributed by atoms with Gasteiger partial charge in [-0.15, -0.1) is 11.3 Å². The fourth-order valence-electron chi connectivity index (χ4n) is 2.19. The maximum atomic E-state index is 11.8. The molecule has 0 radical (unpaired) electrons. The van der Waals surface area contributed by atoms with E-state index in [1.54, 1.807) is 0 Å². The zero-order valence-corrected chi connectivity index (χ0v) is 15.2. The van der Waals surface area contributed by atoms with Gasteiger partial charge in [-0.3, -0.25) is 4.79 Å². The highest BCUT2D eigenvalue weighted by Gasteiger charge is 2.09. The summed E-state index contributed by atoms with van der Waals surface area (Å²) >= 11 is 1.23. The number of rotatable bonds is 9. The standard InChI is InChI=1S/C18H22N2O4S/c1-12-6-7-13(2)15(9-12)24-8-4-3-5-16(21)19-10-17-20-14(11-25-17)18(22)23/h6-7,9,11H,3-5,8,10H2,1-2H3,(H,19,21)(H,22,23). The molecule has 25 heavy (non-hydrogen) atoms. The van der Waals surface area contributed by atoms with E-state index in [-0.39, 0.29) is 18.1 Å². The highest BCUT2D eigenvalue weighted by Crippen LogP contribution is 2.19. The first-order valence-electron chi connectivity index (χ1n) is 8.10. The van der Waals surface area contributed by atoms with Gasteiger partial charge in [-0.05, 0) is 43.9 Å². The van der Waals surface area contributed by atoms with Gasteiger partial charge < -0.3 is 15.2 Å². The summed E-state index contributed by atoms with van der Waals surface area (Å²) < 4.78 is 5.76. The Balaban J connectivity index is 1.62. The van der Waals surface area contributed by atoms with Crippen molar-refractivity contribution in [3.8, 4) is 5.75 Å². The normalized spacial score (nSPS) is 10.5. The number of thiazole rings is 1. The molecule has 134 valence electrons. The van der Waals surface area contributed by atoms with Crippen LogP contribution in [0.4, 0.5) is 0 Å². The van der Waals surface area contributed by atoms with Gasteiger partial charge in [0.05, 0.1) is 13.2 Å². The molecule has 1 aromatic heterocycles. The number of aryl methyl sites for hydroxylation is 2. The van der Waals surface area contributed by atoms with Crippen LogP contribution >= 0.6 is 11.3 Å². The van der Waals surface area contributed by atoms with Crippen LogP contribution in [-0.2, 0) is 11.3 Å². The minimum atomic E-state index is -1.06. The summed E-state index contributed by atoms with van der Waals surface area (Å²) in [6.45, 7) is 4.87. The number of carboxylic acid groups (broad SMARTS) is 1. The number of carboxylic acids is 1. The number of benzene rings is 1. The highest BCUT2D eigenvalue weighted by molar-refractivity contribution is 7.09. The number of aromatic carboxylic acids is 1. The van der Waals surface area contributed by atoms with Crippen LogP contribution in [0.3, 0.4) is 0 Å². The van der Waals surface area contributed by atoms with Gasteiger partial charge in [0.2, 0.25) is 5.91 Å². The third-order valence-electron chi connectivity index (χ3n) is 3.61. The molecule has 2 aromatic rings. The van der Waals surface area contributed by atoms with Crippen LogP contribution in [-0.4, -0.2) is 28.6 Å². The van der Waals surface area contributed by atoms with Crippen molar-refractivity contribution in [3.05, 3.63) is 45.4 Å². The molecule has 0 saturated carbocycles. The maximum absolute atomic E-state index is 11.8. The van der Waals surface area contributed by atoms with E-state index in [0.717, 1.165) is 29.7 Å². The molecule has 0 unspecified atom stereocenters. The number of hydrogen-bond acceptors (Lipinski definition) is 5. The zero-order chi connectivity index (χ0) is 18.2. The van der Waals surface area contributed by atoms with Crippen molar-refractivity contribution in [2.24, 2.45) is 0 Å². The second-order valence-corrected chi connectivity index (χ2v) is 6.73. The first-order valence-corrected chi connectivity index (χ1v) is 8.98. The van der Waals surface area contributed by atoms with Crippen LogP contribution in [0.25, 0.3) is 0 Å². The Kier molecular flexibility index (Phi) is 6.94. The van der Waals surface area contributed by atoms with E-state index in [4.69, 9.17) is 9.84 Å². The van der Waals surface area contributed by atoms with Crippen molar-refractivity contribution < 1.29 is 19.4 Å². The largest absolute Gasteiger partial charge is 0.493 e. The van der Waals surface area contributed by atoms with E-state index in [1.807, 2.05) is 32.0 Å². The smallest absolute Gasteiger partial charge is 0.355 e. The monoisotopic (exact) mass is 362 g/mol. The van der Waals surface area contributed by atoms with Crippen LogP contribution in [0.5, 0.6) is 5.75 Å².